The fraction of sp³-hybridized carbons (Fsp3) is 0.429. The van der Waals surface area contributed by atoms with Gasteiger partial charge in [0.25, 0.3) is 5.91 Å². The Balaban J connectivity index is 1.50. The van der Waals surface area contributed by atoms with Gasteiger partial charge in [0.1, 0.15) is 41.8 Å². The Kier molecular flexibility index (Phi) is 5.39. The van der Waals surface area contributed by atoms with Crippen LogP contribution >= 0.6 is 0 Å². The zero-order valence-corrected chi connectivity index (χ0v) is 17.2. The van der Waals surface area contributed by atoms with E-state index >= 15 is 0 Å². The first-order chi connectivity index (χ1) is 15.8. The van der Waals surface area contributed by atoms with Crippen molar-refractivity contribution < 1.29 is 27.5 Å². The third-order valence-electron chi connectivity index (χ3n) is 6.14. The lowest BCUT2D eigenvalue weighted by atomic mass is 10.0. The average Bonchev–Trinajstić information content (AvgIpc) is 3.44. The van der Waals surface area contributed by atoms with Gasteiger partial charge in [-0.05, 0) is 17.7 Å². The third-order valence-corrected chi connectivity index (χ3v) is 6.14. The molecule has 0 radical (unpaired) electrons. The molecule has 5 rings (SSSR count). The second kappa shape index (κ2) is 8.25. The number of nitrogens with one attached hydrogen (secondary N) is 2. The summed E-state index contributed by atoms with van der Waals surface area (Å²) in [6.07, 6.45) is -2.35. The molecule has 0 spiro atoms. The molecule has 1 aromatic carbocycles. The highest BCUT2D eigenvalue weighted by Crippen LogP contribution is 2.37. The molecule has 2 fully saturated rings. The number of rotatable bonds is 4. The number of aliphatic hydroxyl groups excluding tert-OH is 1. The summed E-state index contributed by atoms with van der Waals surface area (Å²) < 4.78 is 55.6. The van der Waals surface area contributed by atoms with Crippen LogP contribution in [0.4, 0.5) is 23.4 Å². The van der Waals surface area contributed by atoms with Crippen LogP contribution in [0.1, 0.15) is 41.4 Å². The van der Waals surface area contributed by atoms with Gasteiger partial charge < -0.3 is 15.3 Å². The van der Waals surface area contributed by atoms with Gasteiger partial charge in [-0.25, -0.2) is 27.5 Å². The maximum absolute atomic E-state index is 14.3. The first-order valence-electron chi connectivity index (χ1n) is 10.5. The fourth-order valence-corrected chi connectivity index (χ4v) is 4.64. The van der Waals surface area contributed by atoms with Gasteiger partial charge in [-0.15, -0.1) is 0 Å². The van der Waals surface area contributed by atoms with Crippen molar-refractivity contribution in [2.45, 2.75) is 49.8 Å². The minimum absolute atomic E-state index is 0.0133. The Morgan fingerprint density at radius 1 is 1.09 bits per heavy atom. The number of carbonyl (C=O) groups excluding carboxylic acids is 1. The molecule has 1 saturated carbocycles. The van der Waals surface area contributed by atoms with Gasteiger partial charge >= 0.3 is 0 Å². The summed E-state index contributed by atoms with van der Waals surface area (Å²) in [6.45, 7) is -0.274. The first-order valence-corrected chi connectivity index (χ1v) is 10.5. The third kappa shape index (κ3) is 3.99. The Morgan fingerprint density at radius 2 is 1.85 bits per heavy atom. The van der Waals surface area contributed by atoms with Crippen LogP contribution in [-0.4, -0.2) is 67.1 Å². The van der Waals surface area contributed by atoms with Crippen molar-refractivity contribution in [1.82, 2.24) is 25.1 Å². The van der Waals surface area contributed by atoms with Crippen LogP contribution in [-0.2, 0) is 0 Å². The van der Waals surface area contributed by atoms with E-state index in [1.54, 1.807) is 0 Å². The summed E-state index contributed by atoms with van der Waals surface area (Å²) >= 11 is 0. The van der Waals surface area contributed by atoms with Crippen molar-refractivity contribution >= 4 is 22.8 Å². The summed E-state index contributed by atoms with van der Waals surface area (Å²) in [5, 5.41) is 19.8. The zero-order chi connectivity index (χ0) is 23.3. The first kappa shape index (κ1) is 21.6. The highest BCUT2D eigenvalue weighted by Gasteiger charge is 2.39. The lowest BCUT2D eigenvalue weighted by Gasteiger charge is -2.24. The lowest BCUT2D eigenvalue weighted by Crippen LogP contribution is -2.32. The summed E-state index contributed by atoms with van der Waals surface area (Å²) in [5.74, 6) is -2.14. The van der Waals surface area contributed by atoms with Crippen molar-refractivity contribution in [3.05, 3.63) is 47.4 Å². The maximum atomic E-state index is 14.3. The second-order valence-corrected chi connectivity index (χ2v) is 8.42. The van der Waals surface area contributed by atoms with E-state index in [1.807, 2.05) is 0 Å². The van der Waals surface area contributed by atoms with Gasteiger partial charge in [0, 0.05) is 25.3 Å². The normalized spacial score (nSPS) is 27.4. The standard InChI is InChI=1S/C21H20F4N6O2/c22-10-1-9(2-11(23)3-10)15-5-13(25)7-31(15)21(33)18-17-19(26-8-27-20(17)30-29-18)28-14-4-12(24)6-16(14)32/h1-3,8,12-16,32H,4-7H2,(H2,26,27,28,29,30)/t12-,13+,14-,15-,16-/m1/s1. The highest BCUT2D eigenvalue weighted by molar-refractivity contribution is 6.07. The molecule has 0 bridgehead atoms. The van der Waals surface area contributed by atoms with E-state index in [4.69, 9.17) is 0 Å². The van der Waals surface area contributed by atoms with Gasteiger partial charge in [0.15, 0.2) is 5.65 Å². The van der Waals surface area contributed by atoms with Crippen LogP contribution in [0.2, 0.25) is 0 Å². The molecular weight excluding hydrogens is 444 g/mol. The molecule has 33 heavy (non-hydrogen) atoms. The summed E-state index contributed by atoms with van der Waals surface area (Å²) in [4.78, 5) is 22.8. The van der Waals surface area contributed by atoms with E-state index in [0.717, 1.165) is 12.1 Å². The Labute approximate surface area is 185 Å². The number of likely N-dealkylation sites (tertiary alicyclic amines) is 1. The number of aliphatic hydroxyl groups is 1. The number of nitrogens with zero attached hydrogens (tertiary/aromatic N) is 4. The van der Waals surface area contributed by atoms with Crippen LogP contribution < -0.4 is 5.32 Å². The average molecular weight is 464 g/mol. The number of carbonyl (C=O) groups is 1. The number of hydrogen-bond acceptors (Lipinski definition) is 6. The molecule has 0 unspecified atom stereocenters. The van der Waals surface area contributed by atoms with Crippen LogP contribution in [0, 0.1) is 11.6 Å². The predicted molar refractivity (Wildman–Crippen MR) is 109 cm³/mol. The number of benzene rings is 1. The molecule has 3 aromatic rings. The number of aromatic nitrogens is 4. The molecule has 8 nitrogen and oxygen atoms in total. The maximum Gasteiger partial charge on any atom is 0.273 e. The quantitative estimate of drug-likeness (QED) is 0.513. The summed E-state index contributed by atoms with van der Waals surface area (Å²) in [6, 6.07) is 1.33. The Hall–Kier alpha value is -3.28. The van der Waals surface area contributed by atoms with E-state index in [-0.39, 0.29) is 53.9 Å². The SMILES string of the molecule is O=C(c1[nH]nc2ncnc(N[C@@H]3C[C@@H](F)C[C@H]3O)c12)N1C[C@@H](F)C[C@@H]1c1cc(F)cc(F)c1. The van der Waals surface area contributed by atoms with Crippen molar-refractivity contribution in [1.29, 1.82) is 0 Å². The monoisotopic (exact) mass is 464 g/mol. The predicted octanol–water partition coefficient (Wildman–Crippen LogP) is 2.83. The molecule has 174 valence electrons. The second-order valence-electron chi connectivity index (χ2n) is 8.42. The molecule has 1 saturated heterocycles. The van der Waals surface area contributed by atoms with Gasteiger partial charge in [0.05, 0.1) is 30.1 Å². The van der Waals surface area contributed by atoms with Gasteiger partial charge in [0.2, 0.25) is 0 Å². The highest BCUT2D eigenvalue weighted by atomic mass is 19.1. The van der Waals surface area contributed by atoms with Gasteiger partial charge in [-0.2, -0.15) is 5.10 Å². The number of hydrogen-bond donors (Lipinski definition) is 3. The van der Waals surface area contributed by atoms with Crippen LogP contribution in [0.25, 0.3) is 11.0 Å². The molecule has 1 aliphatic carbocycles. The number of amides is 1. The molecule has 1 amide bonds. The van der Waals surface area contributed by atoms with E-state index in [9.17, 15) is 27.5 Å². The van der Waals surface area contributed by atoms with Gasteiger partial charge in [-0.1, -0.05) is 0 Å². The smallest absolute Gasteiger partial charge is 0.273 e. The Bertz CT molecular complexity index is 1190. The van der Waals surface area contributed by atoms with E-state index in [1.165, 1.54) is 11.2 Å². The van der Waals surface area contributed by atoms with E-state index < -0.39 is 48.1 Å². The Morgan fingerprint density at radius 3 is 2.55 bits per heavy atom. The van der Waals surface area contributed by atoms with E-state index in [0.29, 0.717) is 6.07 Å². The van der Waals surface area contributed by atoms with E-state index in [2.05, 4.69) is 25.5 Å². The van der Waals surface area contributed by atoms with Crippen LogP contribution in [0.15, 0.2) is 24.5 Å². The number of anilines is 1. The topological polar surface area (TPSA) is 107 Å². The number of halogens is 4. The van der Waals surface area contributed by atoms with Crippen molar-refractivity contribution in [2.75, 3.05) is 11.9 Å². The lowest BCUT2D eigenvalue weighted by molar-refractivity contribution is 0.0724. The van der Waals surface area contributed by atoms with Crippen LogP contribution in [0.3, 0.4) is 0 Å². The molecule has 3 heterocycles. The molecule has 12 heteroatoms. The van der Waals surface area contributed by atoms with Crippen molar-refractivity contribution in [3.8, 4) is 0 Å². The van der Waals surface area contributed by atoms with Crippen molar-refractivity contribution in [2.24, 2.45) is 0 Å². The molecule has 3 N–H and O–H groups in total. The van der Waals surface area contributed by atoms with Crippen LogP contribution in [0.5, 0.6) is 0 Å². The number of H-pyrrole nitrogens is 1. The van der Waals surface area contributed by atoms with Crippen molar-refractivity contribution in [3.63, 3.8) is 0 Å². The molecule has 2 aromatic heterocycles. The summed E-state index contributed by atoms with van der Waals surface area (Å²) in [5.41, 5.74) is 0.236. The zero-order valence-electron chi connectivity index (χ0n) is 17.2. The number of fused-ring (bicyclic) bond motifs is 1. The largest absolute Gasteiger partial charge is 0.391 e. The molecule has 1 aliphatic heterocycles. The number of alkyl halides is 2. The summed E-state index contributed by atoms with van der Waals surface area (Å²) in [7, 11) is 0. The molecule has 2 aliphatic rings. The minimum Gasteiger partial charge on any atom is -0.391 e. The number of aromatic amines is 1. The molecule has 5 atom stereocenters. The van der Waals surface area contributed by atoms with Gasteiger partial charge in [-0.3, -0.25) is 9.89 Å². The minimum atomic E-state index is -1.39. The fourth-order valence-electron chi connectivity index (χ4n) is 4.64. The molecular formula is C21H20F4N6O2.